The number of alkyl halides is 1. The quantitative estimate of drug-likeness (QED) is 0.177. The molecule has 51 heavy (non-hydrogen) atoms. The Morgan fingerprint density at radius 2 is 1.08 bits per heavy atom. The number of pyridine rings is 2. The third-order valence-electron chi connectivity index (χ3n) is 10.4. The van der Waals surface area contributed by atoms with E-state index in [-0.39, 0.29) is 0 Å². The highest BCUT2D eigenvalue weighted by molar-refractivity contribution is 6.23. The summed E-state index contributed by atoms with van der Waals surface area (Å²) in [4.78, 5) is 9.60. The summed E-state index contributed by atoms with van der Waals surface area (Å²) in [5.41, 5.74) is 9.08. The molecular formula is C45H28FN5. The zero-order valence-electron chi connectivity index (χ0n) is 27.3. The molecule has 11 aromatic rings. The van der Waals surface area contributed by atoms with Crippen LogP contribution >= 0.6 is 0 Å². The first-order chi connectivity index (χ1) is 25.2. The second-order valence-electron chi connectivity index (χ2n) is 13.2. The second-order valence-corrected chi connectivity index (χ2v) is 13.2. The molecular weight excluding hydrogens is 630 g/mol. The van der Waals surface area contributed by atoms with E-state index in [1.165, 1.54) is 5.39 Å². The zero-order chi connectivity index (χ0) is 33.6. The predicted molar refractivity (Wildman–Crippen MR) is 206 cm³/mol. The van der Waals surface area contributed by atoms with Gasteiger partial charge in [0.05, 0.1) is 22.1 Å². The minimum absolute atomic E-state index is 0.578. The lowest BCUT2D eigenvalue weighted by molar-refractivity contribution is 0.402. The van der Waals surface area contributed by atoms with Crippen LogP contribution in [0.15, 0.2) is 164 Å². The number of nitrogens with zero attached hydrogens (tertiary/aromatic N) is 5. The monoisotopic (exact) mass is 657 g/mol. The summed E-state index contributed by atoms with van der Waals surface area (Å²) in [5, 5.41) is 7.57. The number of benzene rings is 6. The SMILES string of the molecule is FC(c1cccc(-n2c3ncccc3c3ccc4c5ccccc5n(-c5ccccc5)c4c32)c1)c1ccc2c3ccccc3n3ccnc3c2c1. The van der Waals surface area contributed by atoms with Gasteiger partial charge < -0.3 is 4.57 Å². The maximum Gasteiger partial charge on any atom is 0.150 e. The van der Waals surface area contributed by atoms with Crippen molar-refractivity contribution in [2.45, 2.75) is 6.17 Å². The van der Waals surface area contributed by atoms with Crippen LogP contribution in [0.3, 0.4) is 0 Å². The highest BCUT2D eigenvalue weighted by atomic mass is 19.1. The van der Waals surface area contributed by atoms with Crippen molar-refractivity contribution in [2.75, 3.05) is 0 Å². The van der Waals surface area contributed by atoms with Gasteiger partial charge in [-0.3, -0.25) is 8.97 Å². The number of hydrogen-bond donors (Lipinski definition) is 0. The van der Waals surface area contributed by atoms with Crippen LogP contribution in [0, 0.1) is 0 Å². The lowest BCUT2D eigenvalue weighted by Gasteiger charge is -2.15. The zero-order valence-corrected chi connectivity index (χ0v) is 27.3. The summed E-state index contributed by atoms with van der Waals surface area (Å²) in [6.45, 7) is 0. The number of hydrogen-bond acceptors (Lipinski definition) is 2. The van der Waals surface area contributed by atoms with E-state index in [4.69, 9.17) is 4.98 Å². The van der Waals surface area contributed by atoms with Crippen LogP contribution in [-0.2, 0) is 0 Å². The fraction of sp³-hybridized carbons (Fsp3) is 0.0222. The normalized spacial score (nSPS) is 12.7. The minimum Gasteiger partial charge on any atom is -0.307 e. The maximum absolute atomic E-state index is 16.9. The molecule has 0 bridgehead atoms. The van der Waals surface area contributed by atoms with Crippen molar-refractivity contribution in [2.24, 2.45) is 0 Å². The van der Waals surface area contributed by atoms with E-state index in [0.717, 1.165) is 77.1 Å². The molecule has 1 unspecified atom stereocenters. The fourth-order valence-corrected chi connectivity index (χ4v) is 8.23. The summed E-state index contributed by atoms with van der Waals surface area (Å²) in [5.74, 6) is 0. The smallest absolute Gasteiger partial charge is 0.150 e. The van der Waals surface area contributed by atoms with Gasteiger partial charge in [-0.15, -0.1) is 0 Å². The molecule has 5 aromatic heterocycles. The van der Waals surface area contributed by atoms with Crippen molar-refractivity contribution in [1.82, 2.24) is 23.5 Å². The van der Waals surface area contributed by atoms with Crippen LogP contribution in [0.2, 0.25) is 0 Å². The predicted octanol–water partition coefficient (Wildman–Crippen LogP) is 11.3. The molecule has 0 N–H and O–H groups in total. The molecule has 0 saturated heterocycles. The van der Waals surface area contributed by atoms with E-state index in [0.29, 0.717) is 11.1 Å². The van der Waals surface area contributed by atoms with Gasteiger partial charge in [0.1, 0.15) is 11.3 Å². The van der Waals surface area contributed by atoms with Gasteiger partial charge >= 0.3 is 0 Å². The molecule has 6 heteroatoms. The number of rotatable bonds is 4. The number of aromatic nitrogens is 5. The molecule has 0 aliphatic carbocycles. The molecule has 240 valence electrons. The maximum atomic E-state index is 16.9. The molecule has 0 amide bonds. The summed E-state index contributed by atoms with van der Waals surface area (Å²) < 4.78 is 23.5. The average molecular weight is 658 g/mol. The summed E-state index contributed by atoms with van der Waals surface area (Å²) in [6, 6.07) is 49.6. The minimum atomic E-state index is -1.35. The van der Waals surface area contributed by atoms with Crippen LogP contribution in [0.5, 0.6) is 0 Å². The Balaban J connectivity index is 1.15. The van der Waals surface area contributed by atoms with E-state index < -0.39 is 6.17 Å². The average Bonchev–Trinajstić information content (AvgIpc) is 3.91. The van der Waals surface area contributed by atoms with Crippen LogP contribution < -0.4 is 0 Å². The highest BCUT2D eigenvalue weighted by Gasteiger charge is 2.23. The Morgan fingerprint density at radius 1 is 0.431 bits per heavy atom. The van der Waals surface area contributed by atoms with Crippen LogP contribution in [0.25, 0.3) is 82.4 Å². The molecule has 0 radical (unpaired) electrons. The number of para-hydroxylation sites is 3. The Kier molecular flexibility index (Phi) is 5.84. The van der Waals surface area contributed by atoms with E-state index >= 15 is 4.39 Å². The van der Waals surface area contributed by atoms with Crippen molar-refractivity contribution in [3.05, 3.63) is 175 Å². The first-order valence-electron chi connectivity index (χ1n) is 17.1. The topological polar surface area (TPSA) is 40.0 Å². The number of imidazole rings is 1. The van der Waals surface area contributed by atoms with E-state index in [9.17, 15) is 0 Å². The molecule has 1 atom stereocenters. The lowest BCUT2D eigenvalue weighted by atomic mass is 9.98. The van der Waals surface area contributed by atoms with Crippen LogP contribution in [0.4, 0.5) is 4.39 Å². The third kappa shape index (κ3) is 3.96. The van der Waals surface area contributed by atoms with Crippen molar-refractivity contribution in [3.8, 4) is 11.4 Å². The van der Waals surface area contributed by atoms with Gasteiger partial charge in [0.15, 0.2) is 6.17 Å². The van der Waals surface area contributed by atoms with Crippen molar-refractivity contribution in [3.63, 3.8) is 0 Å². The summed E-state index contributed by atoms with van der Waals surface area (Å²) >= 11 is 0. The third-order valence-corrected chi connectivity index (χ3v) is 10.4. The molecule has 0 spiro atoms. The van der Waals surface area contributed by atoms with E-state index in [2.05, 4.69) is 103 Å². The number of halogens is 1. The van der Waals surface area contributed by atoms with Gasteiger partial charge in [-0.1, -0.05) is 91.0 Å². The van der Waals surface area contributed by atoms with E-state index in [1.807, 2.05) is 73.1 Å². The molecule has 5 nitrogen and oxygen atoms in total. The largest absolute Gasteiger partial charge is 0.307 e. The van der Waals surface area contributed by atoms with Crippen LogP contribution in [-0.4, -0.2) is 23.5 Å². The van der Waals surface area contributed by atoms with Gasteiger partial charge in [0.25, 0.3) is 0 Å². The molecule has 0 saturated carbocycles. The fourth-order valence-electron chi connectivity index (χ4n) is 8.23. The van der Waals surface area contributed by atoms with E-state index in [1.54, 1.807) is 6.20 Å². The summed E-state index contributed by atoms with van der Waals surface area (Å²) in [7, 11) is 0. The lowest BCUT2D eigenvalue weighted by Crippen LogP contribution is -2.01. The molecule has 5 heterocycles. The van der Waals surface area contributed by atoms with Crippen LogP contribution in [0.1, 0.15) is 17.3 Å². The summed E-state index contributed by atoms with van der Waals surface area (Å²) in [6.07, 6.45) is 4.25. The molecule has 11 rings (SSSR count). The van der Waals surface area contributed by atoms with Gasteiger partial charge in [-0.05, 0) is 71.1 Å². The molecule has 0 aliphatic rings. The number of fused-ring (bicyclic) bond motifs is 13. The standard InChI is InChI=1S/C45H28FN5/c46-41(29-19-20-32-33-14-4-6-17-39(33)49-25-24-48-44(49)38(32)27-29)28-10-8-13-31(26-28)51-43-36(37-16-9-23-47-45(37)51)22-21-35-34-15-5-7-18-40(34)50(42(35)43)30-11-2-1-3-12-30/h1-27,41H. The molecule has 6 aromatic carbocycles. The second kappa shape index (κ2) is 10.6. The Morgan fingerprint density at radius 3 is 1.94 bits per heavy atom. The first kappa shape index (κ1) is 28.1. The molecule has 0 fully saturated rings. The van der Waals surface area contributed by atoms with Crippen molar-refractivity contribution in [1.29, 1.82) is 0 Å². The van der Waals surface area contributed by atoms with Gasteiger partial charge in [-0.2, -0.15) is 0 Å². The highest BCUT2D eigenvalue weighted by Crippen LogP contribution is 2.42. The molecule has 0 aliphatic heterocycles. The van der Waals surface area contributed by atoms with Gasteiger partial charge in [-0.25, -0.2) is 14.4 Å². The Bertz CT molecular complexity index is 3170. The Hall–Kier alpha value is -6.79. The van der Waals surface area contributed by atoms with Gasteiger partial charge in [0, 0.05) is 62.3 Å². The Labute approximate surface area is 291 Å². The van der Waals surface area contributed by atoms with Crippen molar-refractivity contribution < 1.29 is 4.39 Å². The van der Waals surface area contributed by atoms with Gasteiger partial charge in [0.2, 0.25) is 0 Å². The van der Waals surface area contributed by atoms with Crippen molar-refractivity contribution >= 4 is 71.1 Å². The first-order valence-corrected chi connectivity index (χ1v) is 17.1.